The summed E-state index contributed by atoms with van der Waals surface area (Å²) in [7, 11) is 0. The molecule has 3 aliphatic rings. The molecule has 1 spiro atoms. The van der Waals surface area contributed by atoms with Gasteiger partial charge in [-0.3, -0.25) is 4.90 Å². The molecule has 2 saturated heterocycles. The van der Waals surface area contributed by atoms with Crippen LogP contribution in [-0.4, -0.2) is 54.7 Å². The normalized spacial score (nSPS) is 22.6. The Morgan fingerprint density at radius 3 is 2.78 bits per heavy atom. The number of hydrogen-bond acceptors (Lipinski definition) is 4. The monoisotopic (exact) mass is 368 g/mol. The van der Waals surface area contributed by atoms with Crippen molar-refractivity contribution in [1.82, 2.24) is 9.88 Å². The molecule has 1 aromatic heterocycles. The molecule has 2 fully saturated rings. The minimum atomic E-state index is -0.359. The van der Waals surface area contributed by atoms with Crippen molar-refractivity contribution in [2.24, 2.45) is 5.41 Å². The van der Waals surface area contributed by atoms with E-state index in [-0.39, 0.29) is 23.3 Å². The number of aromatic nitrogens is 1. The van der Waals surface area contributed by atoms with Crippen molar-refractivity contribution >= 4 is 17.5 Å². The number of fused-ring (bicyclic) bond motifs is 1. The van der Waals surface area contributed by atoms with Gasteiger partial charge in [-0.2, -0.15) is 0 Å². The van der Waals surface area contributed by atoms with E-state index in [0.29, 0.717) is 18.0 Å². The van der Waals surface area contributed by atoms with E-state index in [1.54, 1.807) is 17.2 Å². The summed E-state index contributed by atoms with van der Waals surface area (Å²) < 4.78 is 19.1. The first-order valence-corrected chi connectivity index (χ1v) is 9.21. The van der Waals surface area contributed by atoms with E-state index < -0.39 is 0 Å². The van der Waals surface area contributed by atoms with Gasteiger partial charge in [0.15, 0.2) is 0 Å². The number of carbonyl (C=O) groups is 1. The first kappa shape index (κ1) is 16.4. The number of amides is 2. The molecule has 1 unspecified atom stereocenters. The van der Waals surface area contributed by atoms with Crippen LogP contribution in [0.3, 0.4) is 0 Å². The zero-order valence-corrected chi connectivity index (χ0v) is 15.1. The Morgan fingerprint density at radius 2 is 2.04 bits per heavy atom. The molecule has 2 aromatic rings. The minimum Gasteiger partial charge on any atom is -0.489 e. The standard InChI is InChI=1S/C20H21FN4O2/c1-14-9-27-17-8-15(21)5-6-16(17)25(14)19(26)24-12-20(13-24)10-23(11-20)18-4-2-3-7-22-18/h2-8,14H,9-13H2,1H3. The quantitative estimate of drug-likeness (QED) is 0.777. The fourth-order valence-corrected chi connectivity index (χ4v) is 4.33. The van der Waals surface area contributed by atoms with Gasteiger partial charge in [-0.1, -0.05) is 6.07 Å². The summed E-state index contributed by atoms with van der Waals surface area (Å²) in [5.74, 6) is 1.06. The lowest BCUT2D eigenvalue weighted by Gasteiger charge is -2.61. The molecule has 0 aliphatic carbocycles. The molecule has 0 bridgehead atoms. The lowest BCUT2D eigenvalue weighted by atomic mass is 9.73. The second kappa shape index (κ2) is 5.84. The molecule has 3 aliphatic heterocycles. The van der Waals surface area contributed by atoms with Crippen molar-refractivity contribution < 1.29 is 13.9 Å². The summed E-state index contributed by atoms with van der Waals surface area (Å²) in [4.78, 5) is 23.3. The van der Waals surface area contributed by atoms with Gasteiger partial charge in [0, 0.05) is 43.9 Å². The highest BCUT2D eigenvalue weighted by atomic mass is 19.1. The Morgan fingerprint density at radius 1 is 1.22 bits per heavy atom. The molecule has 0 N–H and O–H groups in total. The third-order valence-electron chi connectivity index (χ3n) is 5.66. The first-order chi connectivity index (χ1) is 13.0. The average Bonchev–Trinajstić information content (AvgIpc) is 2.60. The smallest absolute Gasteiger partial charge is 0.325 e. The number of nitrogens with zero attached hydrogens (tertiary/aromatic N) is 4. The maximum atomic E-state index is 13.5. The fraction of sp³-hybridized carbons (Fsp3) is 0.400. The zero-order chi connectivity index (χ0) is 18.6. The molecule has 0 radical (unpaired) electrons. The molecule has 140 valence electrons. The van der Waals surface area contributed by atoms with Gasteiger partial charge in [-0.25, -0.2) is 14.2 Å². The first-order valence-electron chi connectivity index (χ1n) is 9.21. The van der Waals surface area contributed by atoms with Gasteiger partial charge >= 0.3 is 6.03 Å². The van der Waals surface area contributed by atoms with Crippen LogP contribution in [0, 0.1) is 11.2 Å². The average molecular weight is 368 g/mol. The lowest BCUT2D eigenvalue weighted by molar-refractivity contribution is 0.00858. The Hall–Kier alpha value is -2.83. The van der Waals surface area contributed by atoms with Crippen molar-refractivity contribution in [1.29, 1.82) is 0 Å². The van der Waals surface area contributed by atoms with Crippen LogP contribution < -0.4 is 14.5 Å². The van der Waals surface area contributed by atoms with E-state index in [4.69, 9.17) is 4.74 Å². The predicted molar refractivity (Wildman–Crippen MR) is 99.7 cm³/mol. The third kappa shape index (κ3) is 2.60. The molecule has 6 nitrogen and oxygen atoms in total. The Kier molecular flexibility index (Phi) is 3.54. The van der Waals surface area contributed by atoms with E-state index in [9.17, 15) is 9.18 Å². The zero-order valence-electron chi connectivity index (χ0n) is 15.1. The van der Waals surface area contributed by atoms with Gasteiger partial charge in [-0.15, -0.1) is 0 Å². The molecule has 1 atom stereocenters. The van der Waals surface area contributed by atoms with Gasteiger partial charge in [0.2, 0.25) is 0 Å². The predicted octanol–water partition coefficient (Wildman–Crippen LogP) is 2.75. The Labute approximate surface area is 157 Å². The highest BCUT2D eigenvalue weighted by molar-refractivity contribution is 5.95. The topological polar surface area (TPSA) is 48.9 Å². The van der Waals surface area contributed by atoms with Crippen LogP contribution in [0.4, 0.5) is 20.7 Å². The number of halogens is 1. The summed E-state index contributed by atoms with van der Waals surface area (Å²) in [6.07, 6.45) is 1.80. The lowest BCUT2D eigenvalue weighted by Crippen LogP contribution is -2.74. The summed E-state index contributed by atoms with van der Waals surface area (Å²) in [6, 6.07) is 10.1. The Bertz CT molecular complexity index is 877. The summed E-state index contributed by atoms with van der Waals surface area (Å²) in [6.45, 7) is 5.66. The van der Waals surface area contributed by atoms with Crippen molar-refractivity contribution in [3.63, 3.8) is 0 Å². The van der Waals surface area contributed by atoms with Crippen LogP contribution in [0.2, 0.25) is 0 Å². The maximum absolute atomic E-state index is 13.5. The molecule has 2 amide bonds. The molecule has 7 heteroatoms. The Balaban J connectivity index is 1.26. The number of ether oxygens (including phenoxy) is 1. The molecule has 0 saturated carbocycles. The number of rotatable bonds is 1. The fourth-order valence-electron chi connectivity index (χ4n) is 4.33. The van der Waals surface area contributed by atoms with Crippen molar-refractivity contribution in [2.75, 3.05) is 42.6 Å². The summed E-state index contributed by atoms with van der Waals surface area (Å²) in [5, 5.41) is 0. The van der Waals surface area contributed by atoms with Crippen LogP contribution in [0.25, 0.3) is 0 Å². The van der Waals surface area contributed by atoms with E-state index in [1.807, 2.05) is 30.0 Å². The van der Waals surface area contributed by atoms with Crippen LogP contribution >= 0.6 is 0 Å². The van der Waals surface area contributed by atoms with Gasteiger partial charge in [0.05, 0.1) is 11.7 Å². The van der Waals surface area contributed by atoms with Crippen LogP contribution in [0.1, 0.15) is 6.92 Å². The minimum absolute atomic E-state index is 0.0273. The highest BCUT2D eigenvalue weighted by Crippen LogP contribution is 2.43. The second-order valence-corrected chi connectivity index (χ2v) is 7.82. The number of hydrogen-bond donors (Lipinski definition) is 0. The van der Waals surface area contributed by atoms with E-state index >= 15 is 0 Å². The molecular weight excluding hydrogens is 347 g/mol. The summed E-state index contributed by atoms with van der Waals surface area (Å²) in [5.41, 5.74) is 0.818. The molecule has 1 aromatic carbocycles. The molecule has 5 rings (SSSR count). The van der Waals surface area contributed by atoms with E-state index in [1.165, 1.54) is 12.1 Å². The number of urea groups is 1. The van der Waals surface area contributed by atoms with Gasteiger partial charge in [0.25, 0.3) is 0 Å². The third-order valence-corrected chi connectivity index (χ3v) is 5.66. The van der Waals surface area contributed by atoms with Crippen LogP contribution in [0.15, 0.2) is 42.6 Å². The number of likely N-dealkylation sites (tertiary alicyclic amines) is 1. The SMILES string of the molecule is CC1COc2cc(F)ccc2N1C(=O)N1CC2(C1)CN(c1ccccn1)C2. The second-order valence-electron chi connectivity index (χ2n) is 7.82. The van der Waals surface area contributed by atoms with Gasteiger partial charge in [0.1, 0.15) is 24.0 Å². The highest BCUT2D eigenvalue weighted by Gasteiger charge is 2.54. The van der Waals surface area contributed by atoms with Gasteiger partial charge in [-0.05, 0) is 31.2 Å². The molecular formula is C20H21FN4O2. The molecule has 4 heterocycles. The molecule has 27 heavy (non-hydrogen) atoms. The summed E-state index contributed by atoms with van der Waals surface area (Å²) >= 11 is 0. The van der Waals surface area contributed by atoms with Gasteiger partial charge < -0.3 is 14.5 Å². The maximum Gasteiger partial charge on any atom is 0.325 e. The largest absolute Gasteiger partial charge is 0.489 e. The van der Waals surface area contributed by atoms with Crippen molar-refractivity contribution in [3.05, 3.63) is 48.4 Å². The van der Waals surface area contributed by atoms with E-state index in [2.05, 4.69) is 9.88 Å². The van der Waals surface area contributed by atoms with Crippen molar-refractivity contribution in [2.45, 2.75) is 13.0 Å². The van der Waals surface area contributed by atoms with Crippen LogP contribution in [-0.2, 0) is 0 Å². The van der Waals surface area contributed by atoms with E-state index in [0.717, 1.165) is 32.0 Å². The van der Waals surface area contributed by atoms with Crippen LogP contribution in [0.5, 0.6) is 5.75 Å². The number of benzene rings is 1. The van der Waals surface area contributed by atoms with Crippen molar-refractivity contribution in [3.8, 4) is 5.75 Å². The number of pyridine rings is 1. The number of carbonyl (C=O) groups excluding carboxylic acids is 1. The number of anilines is 2.